The second-order valence-corrected chi connectivity index (χ2v) is 9.63. The molecule has 0 radical (unpaired) electrons. The molecule has 1 aliphatic rings. The number of allylic oxidation sites excluding steroid dienone is 8. The number of hydrogen-bond donors (Lipinski definition) is 4. The summed E-state index contributed by atoms with van der Waals surface area (Å²) in [5, 5.41) is 23.5. The van der Waals surface area contributed by atoms with Gasteiger partial charge in [-0.25, -0.2) is 4.98 Å². The number of oxazole rings is 1. The summed E-state index contributed by atoms with van der Waals surface area (Å²) in [4.78, 5) is 31.3. The topological polar surface area (TPSA) is 132 Å². The van der Waals surface area contributed by atoms with Gasteiger partial charge in [-0.05, 0) is 30.2 Å². The van der Waals surface area contributed by atoms with Gasteiger partial charge in [0, 0.05) is 37.9 Å². The number of nitrogens with zero attached hydrogens (tertiary/aromatic N) is 2. The van der Waals surface area contributed by atoms with E-state index in [9.17, 15) is 27.9 Å². The molecule has 1 aliphatic heterocycles. The first-order valence-electron chi connectivity index (χ1n) is 12.3. The van der Waals surface area contributed by atoms with Gasteiger partial charge < -0.3 is 20.2 Å². The van der Waals surface area contributed by atoms with Crippen LogP contribution in [-0.2, 0) is 4.79 Å². The summed E-state index contributed by atoms with van der Waals surface area (Å²) in [6.07, 6.45) is 4.03. The highest BCUT2D eigenvalue weighted by atomic mass is 19.4. The van der Waals surface area contributed by atoms with Gasteiger partial charge in [0.25, 0.3) is 5.91 Å². The molecule has 2 amide bonds. The maximum Gasteiger partial charge on any atom is 0.392 e. The van der Waals surface area contributed by atoms with E-state index < -0.39 is 23.9 Å². The number of aliphatic hydroxyl groups excluding tert-OH is 1. The van der Waals surface area contributed by atoms with Crippen molar-refractivity contribution in [3.63, 3.8) is 0 Å². The van der Waals surface area contributed by atoms with Gasteiger partial charge in [-0.1, -0.05) is 45.2 Å². The molecule has 2 heterocycles. The van der Waals surface area contributed by atoms with Crippen molar-refractivity contribution in [3.05, 3.63) is 84.4 Å². The second-order valence-electron chi connectivity index (χ2n) is 9.63. The third-order valence-corrected chi connectivity index (χ3v) is 6.37. The van der Waals surface area contributed by atoms with Gasteiger partial charge in [-0.15, -0.1) is 0 Å². The maximum absolute atomic E-state index is 13.0. The Labute approximate surface area is 231 Å². The molecule has 2 rings (SSSR count). The number of rotatable bonds is 11. The highest BCUT2D eigenvalue weighted by Crippen LogP contribution is 2.36. The number of aromatic nitrogens is 1. The summed E-state index contributed by atoms with van der Waals surface area (Å²) in [7, 11) is 1.56. The summed E-state index contributed by atoms with van der Waals surface area (Å²) in [6, 6.07) is 0. The van der Waals surface area contributed by atoms with Crippen molar-refractivity contribution in [1.82, 2.24) is 20.5 Å². The molecule has 1 aromatic heterocycles. The largest absolute Gasteiger partial charge is 0.444 e. The zero-order valence-corrected chi connectivity index (χ0v) is 22.9. The summed E-state index contributed by atoms with van der Waals surface area (Å²) in [5.41, 5.74) is -0.149. The average Bonchev–Trinajstić information content (AvgIpc) is 3.46. The lowest BCUT2D eigenvalue weighted by Crippen LogP contribution is -2.41. The molecule has 12 heteroatoms. The number of hydrogen-bond acceptors (Lipinski definition) is 7. The molecular formula is C28H34F3N5O4. The molecule has 1 aromatic rings. The lowest BCUT2D eigenvalue weighted by Gasteiger charge is -2.22. The number of alkyl halides is 3. The Hall–Kier alpha value is -4.19. The van der Waals surface area contributed by atoms with Gasteiger partial charge in [0.05, 0.1) is 17.5 Å². The van der Waals surface area contributed by atoms with Crippen LogP contribution < -0.4 is 10.6 Å². The number of likely N-dealkylation sites (tertiary alicyclic amines) is 1. The van der Waals surface area contributed by atoms with Crippen molar-refractivity contribution < 1.29 is 32.3 Å². The van der Waals surface area contributed by atoms with E-state index in [0.29, 0.717) is 11.1 Å². The number of amides is 2. The number of carbonyl (C=O) groups excluding carboxylic acids is 2. The Morgan fingerprint density at radius 1 is 1.40 bits per heavy atom. The maximum atomic E-state index is 13.0. The Morgan fingerprint density at radius 3 is 2.62 bits per heavy atom. The van der Waals surface area contributed by atoms with Crippen molar-refractivity contribution in [3.8, 4) is 0 Å². The standard InChI is InChI=1S/C28H34F3N5O4/c1-7-8-9-19(12-18(3)17(2)10-11-28(29,30)31)25-35-22(16-40-25)24(38)34-21(13-33-6)23(32)36-14-20(15-37)27(4,5)26(36)39/h7-10,12-13,16,20,32-33,37H,1,3,11,14-15H2,2,4-6H3,(H,34,38)/b9-8-,17-10-,19-12+,21-13+,32-23?. The predicted octanol–water partition coefficient (Wildman–Crippen LogP) is 4.50. The summed E-state index contributed by atoms with van der Waals surface area (Å²) >= 11 is 0. The quantitative estimate of drug-likeness (QED) is 0.179. The lowest BCUT2D eigenvalue weighted by molar-refractivity contribution is -0.132. The third-order valence-electron chi connectivity index (χ3n) is 6.37. The van der Waals surface area contributed by atoms with Crippen LogP contribution in [-0.4, -0.2) is 59.0 Å². The van der Waals surface area contributed by atoms with Gasteiger partial charge in [0.2, 0.25) is 11.8 Å². The number of nitrogens with one attached hydrogen (secondary N) is 3. The van der Waals surface area contributed by atoms with E-state index in [1.807, 2.05) is 0 Å². The van der Waals surface area contributed by atoms with E-state index in [2.05, 4.69) is 28.8 Å². The Balaban J connectivity index is 2.29. The van der Waals surface area contributed by atoms with Crippen molar-refractivity contribution in [1.29, 1.82) is 5.41 Å². The van der Waals surface area contributed by atoms with E-state index in [4.69, 9.17) is 9.83 Å². The van der Waals surface area contributed by atoms with Gasteiger partial charge in [-0.3, -0.25) is 19.9 Å². The van der Waals surface area contributed by atoms with Gasteiger partial charge in [0.15, 0.2) is 11.5 Å². The summed E-state index contributed by atoms with van der Waals surface area (Å²) in [6.45, 7) is 12.1. The number of halogens is 3. The minimum atomic E-state index is -4.35. The minimum absolute atomic E-state index is 0.00972. The van der Waals surface area contributed by atoms with E-state index in [-0.39, 0.29) is 53.7 Å². The van der Waals surface area contributed by atoms with Gasteiger partial charge in [0.1, 0.15) is 6.26 Å². The molecule has 0 bridgehead atoms. The van der Waals surface area contributed by atoms with Crippen LogP contribution >= 0.6 is 0 Å². The Morgan fingerprint density at radius 2 is 2.08 bits per heavy atom. The van der Waals surface area contributed by atoms with E-state index in [1.165, 1.54) is 30.2 Å². The molecule has 1 unspecified atom stereocenters. The van der Waals surface area contributed by atoms with E-state index in [0.717, 1.165) is 12.3 Å². The van der Waals surface area contributed by atoms with Gasteiger partial charge >= 0.3 is 6.18 Å². The molecule has 0 saturated carbocycles. The molecule has 9 nitrogen and oxygen atoms in total. The monoisotopic (exact) mass is 561 g/mol. The first-order valence-corrected chi connectivity index (χ1v) is 12.3. The highest BCUT2D eigenvalue weighted by molar-refractivity contribution is 6.10. The van der Waals surface area contributed by atoms with Crippen LogP contribution in [0.2, 0.25) is 0 Å². The fraction of sp³-hybridized carbons (Fsp3) is 0.357. The number of aliphatic hydroxyl groups is 1. The molecule has 0 aliphatic carbocycles. The molecule has 1 atom stereocenters. The van der Waals surface area contributed by atoms with Crippen LogP contribution in [0.4, 0.5) is 13.2 Å². The van der Waals surface area contributed by atoms with Crippen molar-refractivity contribution in [2.75, 3.05) is 20.2 Å². The SMILES string of the molecule is C=C/C=C\C(=C/C(=C)/C(C)=C\CC(F)(F)F)c1nc(C(=O)N/C(=C/NC)C(=N)N2CC(CO)C(C)(C)C2=O)co1. The fourth-order valence-electron chi connectivity index (χ4n) is 3.74. The summed E-state index contributed by atoms with van der Waals surface area (Å²) < 4.78 is 43.2. The average molecular weight is 562 g/mol. The van der Waals surface area contributed by atoms with Crippen LogP contribution in [0.3, 0.4) is 0 Å². The van der Waals surface area contributed by atoms with Crippen molar-refractivity contribution >= 4 is 23.2 Å². The van der Waals surface area contributed by atoms with Crippen LogP contribution in [0.15, 0.2) is 77.3 Å². The minimum Gasteiger partial charge on any atom is -0.444 e. The molecule has 40 heavy (non-hydrogen) atoms. The van der Waals surface area contributed by atoms with Crippen LogP contribution in [0.1, 0.15) is 43.6 Å². The van der Waals surface area contributed by atoms with Crippen LogP contribution in [0.5, 0.6) is 0 Å². The first-order chi connectivity index (χ1) is 18.7. The predicted molar refractivity (Wildman–Crippen MR) is 146 cm³/mol. The van der Waals surface area contributed by atoms with E-state index >= 15 is 0 Å². The lowest BCUT2D eigenvalue weighted by atomic mass is 9.82. The Kier molecular flexibility index (Phi) is 10.6. The molecule has 4 N–H and O–H groups in total. The molecule has 0 aromatic carbocycles. The van der Waals surface area contributed by atoms with Crippen LogP contribution in [0.25, 0.3) is 5.57 Å². The first kappa shape index (κ1) is 32.0. The normalized spacial score (nSPS) is 18.3. The molecule has 0 spiro atoms. The smallest absolute Gasteiger partial charge is 0.392 e. The van der Waals surface area contributed by atoms with Crippen LogP contribution in [0, 0.1) is 16.7 Å². The van der Waals surface area contributed by atoms with Crippen molar-refractivity contribution in [2.24, 2.45) is 11.3 Å². The zero-order chi connectivity index (χ0) is 30.3. The highest BCUT2D eigenvalue weighted by Gasteiger charge is 2.48. The third kappa shape index (κ3) is 7.92. The van der Waals surface area contributed by atoms with Crippen molar-refractivity contribution in [2.45, 2.75) is 33.4 Å². The molecule has 1 fully saturated rings. The Bertz CT molecular complexity index is 1280. The fourth-order valence-corrected chi connectivity index (χ4v) is 3.74. The zero-order valence-electron chi connectivity index (χ0n) is 22.9. The number of carbonyl (C=O) groups is 2. The second kappa shape index (κ2) is 13.2. The van der Waals surface area contributed by atoms with Gasteiger partial charge in [-0.2, -0.15) is 13.2 Å². The number of amidine groups is 1. The summed E-state index contributed by atoms with van der Waals surface area (Å²) in [5.74, 6) is -1.77. The van der Waals surface area contributed by atoms with E-state index in [1.54, 1.807) is 33.0 Å². The molecule has 1 saturated heterocycles. The molecular weight excluding hydrogens is 527 g/mol. The molecule has 216 valence electrons.